The highest BCUT2D eigenvalue weighted by molar-refractivity contribution is 6.02. The van der Waals surface area contributed by atoms with Crippen molar-refractivity contribution in [3.05, 3.63) is 100 Å². The third kappa shape index (κ3) is 9.03. The molecule has 1 aliphatic carbocycles. The fourth-order valence-corrected chi connectivity index (χ4v) is 10.5. The number of nitriles is 1. The molecule has 3 heterocycles. The molecule has 11 heteroatoms. The van der Waals surface area contributed by atoms with Gasteiger partial charge in [0.05, 0.1) is 11.6 Å². The molecule has 0 bridgehead atoms. The molecule has 2 N–H and O–H groups in total. The Morgan fingerprint density at radius 2 is 1.56 bits per heavy atom. The molecular formula is C48H61N7O4. The van der Waals surface area contributed by atoms with Gasteiger partial charge in [0.2, 0.25) is 11.8 Å². The van der Waals surface area contributed by atoms with Crippen molar-refractivity contribution in [3.8, 4) is 6.07 Å². The molecule has 7 rings (SSSR count). The Hall–Kier alpha value is -5.21. The number of anilines is 1. The van der Waals surface area contributed by atoms with E-state index in [4.69, 9.17) is 5.26 Å². The van der Waals surface area contributed by atoms with Gasteiger partial charge < -0.3 is 25.3 Å². The van der Waals surface area contributed by atoms with Crippen LogP contribution in [0.25, 0.3) is 0 Å². The van der Waals surface area contributed by atoms with Crippen LogP contribution in [0.2, 0.25) is 0 Å². The van der Waals surface area contributed by atoms with Gasteiger partial charge in [-0.1, -0.05) is 71.9 Å². The van der Waals surface area contributed by atoms with Gasteiger partial charge in [-0.3, -0.25) is 24.1 Å². The van der Waals surface area contributed by atoms with Crippen LogP contribution in [0, 0.1) is 28.1 Å². The minimum absolute atomic E-state index is 0.00696. The van der Waals surface area contributed by atoms with E-state index in [2.05, 4.69) is 72.4 Å². The Labute approximate surface area is 350 Å². The van der Waals surface area contributed by atoms with E-state index >= 15 is 0 Å². The maximum absolute atomic E-state index is 14.2. The van der Waals surface area contributed by atoms with E-state index in [0.717, 1.165) is 75.2 Å². The molecule has 0 radical (unpaired) electrons. The number of likely N-dealkylation sites (tertiary alicyclic amines) is 1. The van der Waals surface area contributed by atoms with Gasteiger partial charge in [0.1, 0.15) is 12.1 Å². The van der Waals surface area contributed by atoms with E-state index in [1.807, 2.05) is 50.2 Å². The van der Waals surface area contributed by atoms with Crippen LogP contribution in [0.3, 0.4) is 0 Å². The van der Waals surface area contributed by atoms with Crippen molar-refractivity contribution in [2.24, 2.45) is 16.7 Å². The van der Waals surface area contributed by atoms with Gasteiger partial charge in [-0.2, -0.15) is 5.26 Å². The zero-order valence-corrected chi connectivity index (χ0v) is 35.7. The smallest absolute Gasteiger partial charge is 0.255 e. The zero-order valence-electron chi connectivity index (χ0n) is 35.7. The monoisotopic (exact) mass is 799 g/mol. The Kier molecular flexibility index (Phi) is 12.2. The van der Waals surface area contributed by atoms with E-state index < -0.39 is 12.1 Å². The molecule has 4 amide bonds. The number of benzene rings is 3. The van der Waals surface area contributed by atoms with Crippen molar-refractivity contribution >= 4 is 29.3 Å². The quantitative estimate of drug-likeness (QED) is 0.212. The molecular weight excluding hydrogens is 739 g/mol. The molecule has 2 saturated heterocycles. The van der Waals surface area contributed by atoms with Crippen LogP contribution in [0.4, 0.5) is 5.69 Å². The first-order valence-corrected chi connectivity index (χ1v) is 21.5. The Bertz CT molecular complexity index is 2060. The summed E-state index contributed by atoms with van der Waals surface area (Å²) in [5.41, 5.74) is 6.23. The third-order valence-electron chi connectivity index (χ3n) is 13.2. The highest BCUT2D eigenvalue weighted by Gasteiger charge is 2.53. The number of carbonyl (C=O) groups excluding carboxylic acids is 4. The number of carbonyl (C=O) groups is 4. The number of nitrogens with one attached hydrogen (secondary N) is 2. The highest BCUT2D eigenvalue weighted by Crippen LogP contribution is 2.53. The standard InChI is InChI=1S/C48H61N7O4/c1-32(2)41(45(59)54-22-8-10-40(54)43(57)50-29-35-13-11-34(28-49)12-14-35)55-30-37-19-20-38(27-39(37)44(55)58)53-25-23-52(24-26-53)21-7-9-33-15-17-36(18-16-33)42(56)51-46-47(3,4)31-48(46,5)6/h11-20,27,32,40-41,46H,7-10,21-26,29-31H2,1-6H3,(H,50,57)(H,51,56)/t40-,41+/m0/s1. The van der Waals surface area contributed by atoms with Crippen LogP contribution < -0.4 is 15.5 Å². The lowest BCUT2D eigenvalue weighted by Gasteiger charge is -2.57. The molecule has 0 unspecified atom stereocenters. The van der Waals surface area contributed by atoms with Crippen LogP contribution in [0.15, 0.2) is 66.7 Å². The van der Waals surface area contributed by atoms with Crippen molar-refractivity contribution in [2.75, 3.05) is 44.2 Å². The van der Waals surface area contributed by atoms with E-state index in [1.54, 1.807) is 21.9 Å². The molecule has 1 saturated carbocycles. The van der Waals surface area contributed by atoms with Gasteiger partial charge in [0.15, 0.2) is 0 Å². The number of nitrogens with zero attached hydrogens (tertiary/aromatic N) is 5. The maximum Gasteiger partial charge on any atom is 0.255 e. The molecule has 0 spiro atoms. The molecule has 0 aromatic heterocycles. The fraction of sp³-hybridized carbons (Fsp3) is 0.521. The minimum Gasteiger partial charge on any atom is -0.369 e. The summed E-state index contributed by atoms with van der Waals surface area (Å²) >= 11 is 0. The Balaban J connectivity index is 0.885. The molecule has 3 aromatic carbocycles. The number of hydrogen-bond donors (Lipinski definition) is 2. The zero-order chi connectivity index (χ0) is 42.1. The first kappa shape index (κ1) is 41.9. The lowest BCUT2D eigenvalue weighted by Crippen LogP contribution is -2.63. The van der Waals surface area contributed by atoms with E-state index in [0.29, 0.717) is 42.7 Å². The number of fused-ring (bicyclic) bond motifs is 1. The SMILES string of the molecule is CC(C)[C@H](C(=O)N1CCC[C@H]1C(=O)NCc1ccc(C#N)cc1)N1Cc2ccc(N3CCN(CCCc4ccc(C(=O)NC5C(C)(C)CC5(C)C)cc4)CC3)cc2C1=O. The number of piperazine rings is 1. The van der Waals surface area contributed by atoms with Gasteiger partial charge in [-0.15, -0.1) is 0 Å². The molecule has 11 nitrogen and oxygen atoms in total. The highest BCUT2D eigenvalue weighted by atomic mass is 16.2. The average molecular weight is 800 g/mol. The summed E-state index contributed by atoms with van der Waals surface area (Å²) in [7, 11) is 0. The molecule has 3 fully saturated rings. The van der Waals surface area contributed by atoms with Crippen molar-refractivity contribution in [1.29, 1.82) is 5.26 Å². The van der Waals surface area contributed by atoms with Crippen molar-refractivity contribution in [3.63, 3.8) is 0 Å². The van der Waals surface area contributed by atoms with Gasteiger partial charge in [-0.25, -0.2) is 0 Å². The summed E-state index contributed by atoms with van der Waals surface area (Å²) in [5, 5.41) is 15.3. The molecule has 312 valence electrons. The Morgan fingerprint density at radius 3 is 2.20 bits per heavy atom. The lowest BCUT2D eigenvalue weighted by molar-refractivity contribution is -0.143. The van der Waals surface area contributed by atoms with Crippen LogP contribution in [-0.2, 0) is 29.1 Å². The fourth-order valence-electron chi connectivity index (χ4n) is 10.5. The summed E-state index contributed by atoms with van der Waals surface area (Å²) in [6.07, 6.45) is 4.40. The number of amides is 4. The molecule has 2 atom stereocenters. The van der Waals surface area contributed by atoms with E-state index in [1.165, 1.54) is 5.56 Å². The van der Waals surface area contributed by atoms with Gasteiger partial charge in [0.25, 0.3) is 11.8 Å². The molecule has 59 heavy (non-hydrogen) atoms. The summed E-state index contributed by atoms with van der Waals surface area (Å²) in [6, 6.07) is 22.3. The minimum atomic E-state index is -0.677. The van der Waals surface area contributed by atoms with E-state index in [9.17, 15) is 19.2 Å². The van der Waals surface area contributed by atoms with Crippen molar-refractivity contribution < 1.29 is 19.2 Å². The second kappa shape index (κ2) is 17.2. The predicted octanol–water partition coefficient (Wildman–Crippen LogP) is 6.16. The second-order valence-electron chi connectivity index (χ2n) is 18.9. The summed E-state index contributed by atoms with van der Waals surface area (Å²) < 4.78 is 0. The van der Waals surface area contributed by atoms with Crippen LogP contribution in [0.1, 0.15) is 110 Å². The summed E-state index contributed by atoms with van der Waals surface area (Å²) in [6.45, 7) is 18.6. The molecule has 3 aromatic rings. The van der Waals surface area contributed by atoms with Crippen LogP contribution in [0.5, 0.6) is 0 Å². The Morgan fingerprint density at radius 1 is 0.881 bits per heavy atom. The third-order valence-corrected chi connectivity index (χ3v) is 13.2. The number of aryl methyl sites for hydroxylation is 1. The maximum atomic E-state index is 14.2. The number of hydrogen-bond acceptors (Lipinski definition) is 7. The summed E-state index contributed by atoms with van der Waals surface area (Å²) in [4.78, 5) is 62.9. The van der Waals surface area contributed by atoms with Crippen LogP contribution in [-0.4, -0.2) is 95.7 Å². The first-order chi connectivity index (χ1) is 28.1. The van der Waals surface area contributed by atoms with Gasteiger partial charge >= 0.3 is 0 Å². The van der Waals surface area contributed by atoms with Gasteiger partial charge in [-0.05, 0) is 108 Å². The normalized spacial score (nSPS) is 20.5. The van der Waals surface area contributed by atoms with Crippen molar-refractivity contribution in [1.82, 2.24) is 25.3 Å². The van der Waals surface area contributed by atoms with Crippen molar-refractivity contribution in [2.45, 2.75) is 105 Å². The summed E-state index contributed by atoms with van der Waals surface area (Å²) in [5.74, 6) is -0.640. The topological polar surface area (TPSA) is 129 Å². The first-order valence-electron chi connectivity index (χ1n) is 21.5. The largest absolute Gasteiger partial charge is 0.369 e. The predicted molar refractivity (Wildman–Crippen MR) is 230 cm³/mol. The van der Waals surface area contributed by atoms with Crippen LogP contribution >= 0.6 is 0 Å². The second-order valence-corrected chi connectivity index (χ2v) is 18.9. The van der Waals surface area contributed by atoms with E-state index in [-0.39, 0.29) is 46.4 Å². The average Bonchev–Trinajstić information content (AvgIpc) is 3.84. The molecule has 4 aliphatic rings. The number of rotatable bonds is 13. The lowest BCUT2D eigenvalue weighted by atomic mass is 9.52. The van der Waals surface area contributed by atoms with Gasteiger partial charge in [0, 0.05) is 68.7 Å². The molecule has 3 aliphatic heterocycles.